The number of rotatable bonds is 4. The van der Waals surface area contributed by atoms with Crippen molar-refractivity contribution in [2.75, 3.05) is 7.11 Å². The van der Waals surface area contributed by atoms with Crippen LogP contribution in [0.25, 0.3) is 10.9 Å². The molecule has 2 aromatic carbocycles. The molecule has 0 aliphatic rings. The average molecular weight is 441 g/mol. The molecule has 3 aromatic rings. The molecule has 30 heavy (non-hydrogen) atoms. The number of alkyl halides is 3. The van der Waals surface area contributed by atoms with Crippen molar-refractivity contribution in [2.24, 2.45) is 0 Å². The molecule has 0 radical (unpaired) electrons. The van der Waals surface area contributed by atoms with E-state index in [0.717, 1.165) is 12.1 Å². The second-order valence-corrected chi connectivity index (χ2v) is 6.91. The second-order valence-electron chi connectivity index (χ2n) is 6.50. The quantitative estimate of drug-likeness (QED) is 0.588. The number of fused-ring (bicyclic) bond motifs is 1. The fourth-order valence-corrected chi connectivity index (χ4v) is 3.22. The van der Waals surface area contributed by atoms with Crippen LogP contribution in [-0.4, -0.2) is 23.0 Å². The summed E-state index contributed by atoms with van der Waals surface area (Å²) < 4.78 is 51.3. The lowest BCUT2D eigenvalue weighted by Gasteiger charge is -2.21. The first-order valence-electron chi connectivity index (χ1n) is 8.67. The Hall–Kier alpha value is -3.07. The van der Waals surface area contributed by atoms with Crippen molar-refractivity contribution in [1.29, 1.82) is 0 Å². The topological polar surface area (TPSA) is 81.3 Å². The minimum absolute atomic E-state index is 0.00573. The van der Waals surface area contributed by atoms with Gasteiger partial charge in [0.1, 0.15) is 17.7 Å². The number of H-pyrrole nitrogens is 1. The molecule has 1 unspecified atom stereocenters. The van der Waals surface area contributed by atoms with Crippen molar-refractivity contribution < 1.29 is 27.4 Å². The Morgan fingerprint density at radius 1 is 1.23 bits per heavy atom. The highest BCUT2D eigenvalue weighted by molar-refractivity contribution is 6.32. The highest BCUT2D eigenvalue weighted by Crippen LogP contribution is 2.38. The van der Waals surface area contributed by atoms with Crippen LogP contribution in [0, 0.1) is 6.92 Å². The Morgan fingerprint density at radius 2 is 1.93 bits per heavy atom. The first kappa shape index (κ1) is 21.6. The monoisotopic (exact) mass is 440 g/mol. The Labute approximate surface area is 173 Å². The standard InChI is InChI=1S/C20H16ClF3N2O4/c1-9(30-17-5-4-11(6-15(17)21)19(28)29-3)12-7-13-16(8-14(12)20(22,23)24)25-10(2)26-18(13)27/h4-9H,1-3H3,(H,25,26,27). The van der Waals surface area contributed by atoms with Crippen molar-refractivity contribution >= 4 is 28.5 Å². The van der Waals surface area contributed by atoms with Gasteiger partial charge in [0.15, 0.2) is 0 Å². The molecule has 10 heteroatoms. The minimum Gasteiger partial charge on any atom is -0.484 e. The summed E-state index contributed by atoms with van der Waals surface area (Å²) >= 11 is 6.11. The lowest BCUT2D eigenvalue weighted by atomic mass is 9.99. The van der Waals surface area contributed by atoms with Gasteiger partial charge in [-0.1, -0.05) is 11.6 Å². The number of hydrogen-bond acceptors (Lipinski definition) is 5. The number of esters is 1. The van der Waals surface area contributed by atoms with Crippen LogP contribution in [0.15, 0.2) is 35.1 Å². The number of halogens is 4. The van der Waals surface area contributed by atoms with E-state index < -0.39 is 29.4 Å². The fraction of sp³-hybridized carbons (Fsp3) is 0.250. The number of nitrogens with one attached hydrogen (secondary N) is 1. The number of ether oxygens (including phenoxy) is 2. The molecule has 1 atom stereocenters. The Morgan fingerprint density at radius 3 is 2.53 bits per heavy atom. The van der Waals surface area contributed by atoms with Crippen molar-refractivity contribution in [3.05, 3.63) is 68.2 Å². The van der Waals surface area contributed by atoms with Gasteiger partial charge in [-0.2, -0.15) is 13.2 Å². The summed E-state index contributed by atoms with van der Waals surface area (Å²) in [6.07, 6.45) is -5.81. The maximum atomic E-state index is 13.7. The SMILES string of the molecule is COC(=O)c1ccc(OC(C)c2cc3c(=O)[nH]c(C)nc3cc2C(F)(F)F)c(Cl)c1. The van der Waals surface area contributed by atoms with Crippen LogP contribution >= 0.6 is 11.6 Å². The highest BCUT2D eigenvalue weighted by Gasteiger charge is 2.36. The third-order valence-corrected chi connectivity index (χ3v) is 4.69. The lowest BCUT2D eigenvalue weighted by Crippen LogP contribution is -2.17. The number of aryl methyl sites for hydroxylation is 1. The fourth-order valence-electron chi connectivity index (χ4n) is 3.00. The summed E-state index contributed by atoms with van der Waals surface area (Å²) in [6.45, 7) is 2.88. The average Bonchev–Trinajstić information content (AvgIpc) is 2.67. The predicted octanol–water partition coefficient (Wildman–Crippen LogP) is 4.83. The third-order valence-electron chi connectivity index (χ3n) is 4.40. The molecule has 0 aliphatic carbocycles. The smallest absolute Gasteiger partial charge is 0.416 e. The molecule has 0 saturated heterocycles. The van der Waals surface area contributed by atoms with Gasteiger partial charge in [-0.25, -0.2) is 9.78 Å². The zero-order chi connectivity index (χ0) is 22.2. The summed E-state index contributed by atoms with van der Waals surface area (Å²) in [4.78, 5) is 30.2. The second kappa shape index (κ2) is 7.98. The van der Waals surface area contributed by atoms with Gasteiger partial charge in [0.25, 0.3) is 5.56 Å². The Bertz CT molecular complexity index is 1190. The van der Waals surface area contributed by atoms with Gasteiger partial charge in [0.05, 0.1) is 34.2 Å². The highest BCUT2D eigenvalue weighted by atomic mass is 35.5. The predicted molar refractivity (Wildman–Crippen MR) is 104 cm³/mol. The van der Waals surface area contributed by atoms with Gasteiger partial charge in [0, 0.05) is 5.56 Å². The molecule has 0 spiro atoms. The largest absolute Gasteiger partial charge is 0.484 e. The third kappa shape index (κ3) is 4.25. The Kier molecular flexibility index (Phi) is 5.76. The lowest BCUT2D eigenvalue weighted by molar-refractivity contribution is -0.138. The minimum atomic E-state index is -4.70. The van der Waals surface area contributed by atoms with E-state index in [0.29, 0.717) is 0 Å². The van der Waals surface area contributed by atoms with E-state index in [4.69, 9.17) is 16.3 Å². The number of carbonyl (C=O) groups excluding carboxylic acids is 1. The number of nitrogens with zero attached hydrogens (tertiary/aromatic N) is 1. The van der Waals surface area contributed by atoms with E-state index in [1.165, 1.54) is 39.2 Å². The van der Waals surface area contributed by atoms with Crippen LogP contribution < -0.4 is 10.3 Å². The molecule has 1 N–H and O–H groups in total. The van der Waals surface area contributed by atoms with E-state index in [1.54, 1.807) is 0 Å². The van der Waals surface area contributed by atoms with Crippen LogP contribution in [0.4, 0.5) is 13.2 Å². The summed E-state index contributed by atoms with van der Waals surface area (Å²) in [5, 5.41) is 0.0282. The van der Waals surface area contributed by atoms with E-state index in [9.17, 15) is 22.8 Å². The summed E-state index contributed by atoms with van der Waals surface area (Å²) in [5.41, 5.74) is -1.68. The van der Waals surface area contributed by atoms with Crippen LogP contribution in [0.1, 0.15) is 40.3 Å². The van der Waals surface area contributed by atoms with Crippen LogP contribution in [0.5, 0.6) is 5.75 Å². The molecule has 0 saturated carbocycles. The van der Waals surface area contributed by atoms with Gasteiger partial charge >= 0.3 is 12.1 Å². The maximum Gasteiger partial charge on any atom is 0.416 e. The molecule has 0 amide bonds. The molecule has 158 valence electrons. The molecule has 0 bridgehead atoms. The molecular formula is C20H16ClF3N2O4. The van der Waals surface area contributed by atoms with Crippen molar-refractivity contribution in [2.45, 2.75) is 26.1 Å². The maximum absolute atomic E-state index is 13.7. The molecule has 1 aromatic heterocycles. The van der Waals surface area contributed by atoms with Crippen molar-refractivity contribution in [3.63, 3.8) is 0 Å². The van der Waals surface area contributed by atoms with E-state index in [-0.39, 0.29) is 38.6 Å². The van der Waals surface area contributed by atoms with Crippen LogP contribution in [0.3, 0.4) is 0 Å². The number of carbonyl (C=O) groups is 1. The van der Waals surface area contributed by atoms with E-state index in [2.05, 4.69) is 14.7 Å². The molecular weight excluding hydrogens is 425 g/mol. The summed E-state index contributed by atoms with van der Waals surface area (Å²) in [6, 6.07) is 5.97. The van der Waals surface area contributed by atoms with Crippen molar-refractivity contribution in [3.8, 4) is 5.75 Å². The van der Waals surface area contributed by atoms with Gasteiger partial charge in [-0.3, -0.25) is 4.79 Å². The summed E-state index contributed by atoms with van der Waals surface area (Å²) in [7, 11) is 1.21. The van der Waals surface area contributed by atoms with Gasteiger partial charge in [-0.05, 0) is 44.2 Å². The summed E-state index contributed by atoms with van der Waals surface area (Å²) in [5.74, 6) is -0.344. The zero-order valence-electron chi connectivity index (χ0n) is 16.1. The number of methoxy groups -OCH3 is 1. The van der Waals surface area contributed by atoms with E-state index >= 15 is 0 Å². The molecule has 6 nitrogen and oxygen atoms in total. The zero-order valence-corrected chi connectivity index (χ0v) is 16.8. The van der Waals surface area contributed by atoms with Crippen molar-refractivity contribution in [1.82, 2.24) is 9.97 Å². The number of aromatic amines is 1. The Balaban J connectivity index is 2.07. The molecule has 3 rings (SSSR count). The normalized spacial score (nSPS) is 12.6. The molecule has 0 fully saturated rings. The first-order chi connectivity index (χ1) is 14.0. The van der Waals surface area contributed by atoms with Crippen LogP contribution in [-0.2, 0) is 10.9 Å². The number of benzene rings is 2. The van der Waals surface area contributed by atoms with Gasteiger partial charge in [-0.15, -0.1) is 0 Å². The molecule has 0 aliphatic heterocycles. The van der Waals surface area contributed by atoms with Gasteiger partial charge < -0.3 is 14.5 Å². The van der Waals surface area contributed by atoms with Gasteiger partial charge in [0.2, 0.25) is 0 Å². The van der Waals surface area contributed by atoms with Crippen LogP contribution in [0.2, 0.25) is 5.02 Å². The number of hydrogen-bond donors (Lipinski definition) is 1. The number of aromatic nitrogens is 2. The van der Waals surface area contributed by atoms with E-state index in [1.807, 2.05) is 0 Å². The molecule has 1 heterocycles. The first-order valence-corrected chi connectivity index (χ1v) is 9.05.